The van der Waals surface area contributed by atoms with E-state index in [2.05, 4.69) is 5.32 Å². The normalized spacial score (nSPS) is 19.1. The summed E-state index contributed by atoms with van der Waals surface area (Å²) < 4.78 is 46.6. The second-order valence-corrected chi connectivity index (χ2v) is 3.74. The zero-order valence-corrected chi connectivity index (χ0v) is 8.96. The van der Waals surface area contributed by atoms with Gasteiger partial charge in [0.2, 0.25) is 0 Å². The number of hydrogen-bond donors (Lipinski definition) is 1. The average Bonchev–Trinajstić information content (AvgIpc) is 2.27. The molecular weight excluding hydrogens is 235 g/mol. The van der Waals surface area contributed by atoms with Crippen LogP contribution in [-0.4, -0.2) is 32.0 Å². The third kappa shape index (κ3) is 3.52. The first kappa shape index (κ1) is 12.0. The largest absolute Gasteiger partial charge is 0.486 e. The standard InChI is InChI=1S/C11H12F3NO2/c12-11(13,14)7-15-5-8-6-16-9-3-1-2-4-10(9)17-8/h1-4,8,15H,5-7H2. The lowest BCUT2D eigenvalue weighted by molar-refractivity contribution is -0.125. The molecule has 1 atom stereocenters. The quantitative estimate of drug-likeness (QED) is 0.885. The summed E-state index contributed by atoms with van der Waals surface area (Å²) in [5.74, 6) is 1.19. The lowest BCUT2D eigenvalue weighted by Gasteiger charge is -2.26. The van der Waals surface area contributed by atoms with E-state index >= 15 is 0 Å². The van der Waals surface area contributed by atoms with Crippen LogP contribution in [0.3, 0.4) is 0 Å². The Balaban J connectivity index is 1.82. The van der Waals surface area contributed by atoms with Gasteiger partial charge in [0, 0.05) is 6.54 Å². The molecule has 0 saturated carbocycles. The maximum Gasteiger partial charge on any atom is 0.401 e. The number of benzene rings is 1. The van der Waals surface area contributed by atoms with Crippen molar-refractivity contribution >= 4 is 0 Å². The molecule has 1 N–H and O–H groups in total. The van der Waals surface area contributed by atoms with Gasteiger partial charge in [0.15, 0.2) is 11.5 Å². The molecule has 0 radical (unpaired) electrons. The molecule has 1 unspecified atom stereocenters. The Kier molecular flexibility index (Phi) is 3.42. The number of rotatable bonds is 3. The summed E-state index contributed by atoms with van der Waals surface area (Å²) in [6.07, 6.45) is -4.60. The fourth-order valence-electron chi connectivity index (χ4n) is 1.54. The van der Waals surface area contributed by atoms with E-state index < -0.39 is 18.8 Å². The van der Waals surface area contributed by atoms with Crippen molar-refractivity contribution in [3.05, 3.63) is 24.3 Å². The number of fused-ring (bicyclic) bond motifs is 1. The van der Waals surface area contributed by atoms with Crippen molar-refractivity contribution in [2.24, 2.45) is 0 Å². The van der Waals surface area contributed by atoms with Crippen molar-refractivity contribution in [1.29, 1.82) is 0 Å². The summed E-state index contributed by atoms with van der Waals surface area (Å²) in [6, 6.07) is 7.08. The molecule has 3 nitrogen and oxygen atoms in total. The number of para-hydroxylation sites is 2. The fourth-order valence-corrected chi connectivity index (χ4v) is 1.54. The minimum Gasteiger partial charge on any atom is -0.486 e. The van der Waals surface area contributed by atoms with Crippen molar-refractivity contribution in [2.45, 2.75) is 12.3 Å². The summed E-state index contributed by atoms with van der Waals surface area (Å²) in [5, 5.41) is 2.30. The van der Waals surface area contributed by atoms with Crippen LogP contribution in [0.4, 0.5) is 13.2 Å². The molecule has 1 aromatic rings. The Hall–Kier alpha value is -1.43. The summed E-state index contributed by atoms with van der Waals surface area (Å²) in [5.41, 5.74) is 0. The third-order valence-electron chi connectivity index (χ3n) is 2.26. The minimum atomic E-state index is -4.20. The first-order valence-corrected chi connectivity index (χ1v) is 5.20. The van der Waals surface area contributed by atoms with E-state index in [1.165, 1.54) is 0 Å². The molecule has 0 fully saturated rings. The first-order valence-electron chi connectivity index (χ1n) is 5.20. The van der Waals surface area contributed by atoms with Gasteiger partial charge < -0.3 is 14.8 Å². The summed E-state index contributed by atoms with van der Waals surface area (Å²) in [4.78, 5) is 0. The zero-order chi connectivity index (χ0) is 12.3. The number of halogens is 3. The van der Waals surface area contributed by atoms with E-state index in [4.69, 9.17) is 9.47 Å². The molecule has 0 amide bonds. The first-order chi connectivity index (χ1) is 8.04. The Morgan fingerprint density at radius 1 is 1.24 bits per heavy atom. The van der Waals surface area contributed by atoms with Crippen molar-refractivity contribution in [3.8, 4) is 11.5 Å². The topological polar surface area (TPSA) is 30.5 Å². The molecule has 1 heterocycles. The van der Waals surface area contributed by atoms with Crippen molar-refractivity contribution in [2.75, 3.05) is 19.7 Å². The second kappa shape index (κ2) is 4.83. The van der Waals surface area contributed by atoms with Gasteiger partial charge in [0.05, 0.1) is 6.54 Å². The molecule has 0 saturated heterocycles. The van der Waals surface area contributed by atoms with Gasteiger partial charge in [0.1, 0.15) is 12.7 Å². The van der Waals surface area contributed by atoms with E-state index in [9.17, 15) is 13.2 Å². The van der Waals surface area contributed by atoms with Crippen molar-refractivity contribution in [3.63, 3.8) is 0 Å². The predicted molar refractivity (Wildman–Crippen MR) is 55.3 cm³/mol. The molecule has 17 heavy (non-hydrogen) atoms. The fraction of sp³-hybridized carbons (Fsp3) is 0.455. The monoisotopic (exact) mass is 247 g/mol. The predicted octanol–water partition coefficient (Wildman–Crippen LogP) is 1.98. The molecule has 1 aliphatic heterocycles. The lowest BCUT2D eigenvalue weighted by Crippen LogP contribution is -2.41. The molecule has 1 aliphatic rings. The number of hydrogen-bond acceptors (Lipinski definition) is 3. The summed E-state index contributed by atoms with van der Waals surface area (Å²) in [6.45, 7) is -0.662. The van der Waals surface area contributed by atoms with E-state index in [1.807, 2.05) is 6.07 Å². The Morgan fingerprint density at radius 2 is 1.94 bits per heavy atom. The maximum absolute atomic E-state index is 11.9. The average molecular weight is 247 g/mol. The van der Waals surface area contributed by atoms with Gasteiger partial charge in [-0.3, -0.25) is 0 Å². The van der Waals surface area contributed by atoms with Gasteiger partial charge in [-0.15, -0.1) is 0 Å². The van der Waals surface area contributed by atoms with Crippen LogP contribution in [0.1, 0.15) is 0 Å². The van der Waals surface area contributed by atoms with Crippen LogP contribution in [0.2, 0.25) is 0 Å². The van der Waals surface area contributed by atoms with Crippen LogP contribution in [0.15, 0.2) is 24.3 Å². The molecule has 0 aliphatic carbocycles. The molecule has 94 valence electrons. The Morgan fingerprint density at radius 3 is 2.65 bits per heavy atom. The van der Waals surface area contributed by atoms with Crippen LogP contribution in [-0.2, 0) is 0 Å². The zero-order valence-electron chi connectivity index (χ0n) is 8.96. The third-order valence-corrected chi connectivity index (χ3v) is 2.26. The van der Waals surface area contributed by atoms with Crippen molar-refractivity contribution in [1.82, 2.24) is 5.32 Å². The van der Waals surface area contributed by atoms with E-state index in [1.54, 1.807) is 18.2 Å². The van der Waals surface area contributed by atoms with Crippen molar-refractivity contribution < 1.29 is 22.6 Å². The Labute approximate surface area is 96.5 Å². The van der Waals surface area contributed by atoms with E-state index in [-0.39, 0.29) is 13.2 Å². The highest BCUT2D eigenvalue weighted by atomic mass is 19.4. The van der Waals surface area contributed by atoms with Gasteiger partial charge >= 0.3 is 6.18 Å². The molecule has 2 rings (SSSR count). The highest BCUT2D eigenvalue weighted by Gasteiger charge is 2.28. The van der Waals surface area contributed by atoms with Crippen LogP contribution < -0.4 is 14.8 Å². The van der Waals surface area contributed by atoms with Gasteiger partial charge in [-0.1, -0.05) is 12.1 Å². The molecule has 6 heteroatoms. The summed E-state index contributed by atoms with van der Waals surface area (Å²) in [7, 11) is 0. The summed E-state index contributed by atoms with van der Waals surface area (Å²) >= 11 is 0. The van der Waals surface area contributed by atoms with Gasteiger partial charge in [0.25, 0.3) is 0 Å². The number of alkyl halides is 3. The Bertz CT molecular complexity index is 381. The van der Waals surface area contributed by atoms with Crippen LogP contribution >= 0.6 is 0 Å². The van der Waals surface area contributed by atoms with E-state index in [0.29, 0.717) is 11.5 Å². The SMILES string of the molecule is FC(F)(F)CNCC1COc2ccccc2O1. The molecule has 1 aromatic carbocycles. The molecule has 0 bridgehead atoms. The van der Waals surface area contributed by atoms with Gasteiger partial charge in [-0.25, -0.2) is 0 Å². The highest BCUT2D eigenvalue weighted by Crippen LogP contribution is 2.30. The van der Waals surface area contributed by atoms with Crippen LogP contribution in [0.5, 0.6) is 11.5 Å². The minimum absolute atomic E-state index is 0.105. The van der Waals surface area contributed by atoms with Crippen LogP contribution in [0, 0.1) is 0 Å². The van der Waals surface area contributed by atoms with Gasteiger partial charge in [-0.2, -0.15) is 13.2 Å². The van der Waals surface area contributed by atoms with Gasteiger partial charge in [-0.05, 0) is 12.1 Å². The molecule has 0 spiro atoms. The second-order valence-electron chi connectivity index (χ2n) is 3.74. The molecular formula is C11H12F3NO2. The van der Waals surface area contributed by atoms with Crippen LogP contribution in [0.25, 0.3) is 0 Å². The maximum atomic E-state index is 11.9. The molecule has 0 aromatic heterocycles. The number of nitrogens with one attached hydrogen (secondary N) is 1. The highest BCUT2D eigenvalue weighted by molar-refractivity contribution is 5.40. The lowest BCUT2D eigenvalue weighted by atomic mass is 10.2. The smallest absolute Gasteiger partial charge is 0.401 e. The number of ether oxygens (including phenoxy) is 2. The van der Waals surface area contributed by atoms with E-state index in [0.717, 1.165) is 0 Å².